The number of nitrogens with zero attached hydrogens (tertiary/aromatic N) is 2. The molecule has 0 aliphatic carbocycles. The molecule has 2 N–H and O–H groups in total. The quantitative estimate of drug-likeness (QED) is 0.426. The highest BCUT2D eigenvalue weighted by molar-refractivity contribution is 5.97. The van der Waals surface area contributed by atoms with Crippen LogP contribution in [0.3, 0.4) is 0 Å². The minimum absolute atomic E-state index is 0.0384. The lowest BCUT2D eigenvalue weighted by molar-refractivity contribution is 0.0531. The number of hydrogen-bond acceptors (Lipinski definition) is 6. The summed E-state index contributed by atoms with van der Waals surface area (Å²) in [5, 5.41) is 18.6. The zero-order valence-electron chi connectivity index (χ0n) is 20.1. The number of aryl methyl sites for hydroxylation is 3. The molecule has 0 saturated carbocycles. The van der Waals surface area contributed by atoms with Gasteiger partial charge in [0.05, 0.1) is 19.4 Å². The molecule has 0 aliphatic rings. The fourth-order valence-corrected chi connectivity index (χ4v) is 3.51. The van der Waals surface area contributed by atoms with Crippen molar-refractivity contribution < 1.29 is 19.7 Å². The normalized spacial score (nSPS) is 12.7. The van der Waals surface area contributed by atoms with Crippen LogP contribution in [-0.4, -0.2) is 47.5 Å². The van der Waals surface area contributed by atoms with Gasteiger partial charge in [0.1, 0.15) is 18.5 Å². The number of aliphatic hydroxyl groups is 2. The Bertz CT molecular complexity index is 967. The third kappa shape index (κ3) is 6.90. The first-order valence-corrected chi connectivity index (χ1v) is 11.0. The van der Waals surface area contributed by atoms with Crippen LogP contribution in [0.25, 0.3) is 5.70 Å². The van der Waals surface area contributed by atoms with Crippen molar-refractivity contribution in [2.24, 2.45) is 10.9 Å². The van der Waals surface area contributed by atoms with Gasteiger partial charge in [0.2, 0.25) is 5.90 Å². The predicted octanol–water partition coefficient (Wildman–Crippen LogP) is 4.26. The molecule has 0 saturated heterocycles. The molecule has 0 unspecified atom stereocenters. The highest BCUT2D eigenvalue weighted by Crippen LogP contribution is 2.29. The minimum atomic E-state index is -0.910. The summed E-state index contributed by atoms with van der Waals surface area (Å²) in [6.45, 7) is 14.2. The lowest BCUT2D eigenvalue weighted by Crippen LogP contribution is -2.22. The fraction of sp³-hybridized carbons (Fsp3) is 0.462. The Kier molecular flexibility index (Phi) is 9.42. The molecule has 1 heterocycles. The maximum Gasteiger partial charge on any atom is 0.221 e. The number of ether oxygens (including phenoxy) is 2. The summed E-state index contributed by atoms with van der Waals surface area (Å²) in [6.07, 6.45) is 0.722. The van der Waals surface area contributed by atoms with Crippen molar-refractivity contribution in [2.75, 3.05) is 20.3 Å². The zero-order valence-corrected chi connectivity index (χ0v) is 20.1. The van der Waals surface area contributed by atoms with Crippen molar-refractivity contribution in [3.8, 4) is 5.75 Å². The van der Waals surface area contributed by atoms with Gasteiger partial charge in [-0.2, -0.15) is 0 Å². The van der Waals surface area contributed by atoms with Crippen LogP contribution in [0.2, 0.25) is 0 Å². The number of methoxy groups -OCH3 is 1. The second kappa shape index (κ2) is 11.8. The highest BCUT2D eigenvalue weighted by Gasteiger charge is 2.14. The maximum absolute atomic E-state index is 9.61. The van der Waals surface area contributed by atoms with E-state index in [1.54, 1.807) is 7.11 Å². The van der Waals surface area contributed by atoms with Gasteiger partial charge in [-0.05, 0) is 68.0 Å². The van der Waals surface area contributed by atoms with Crippen molar-refractivity contribution >= 4 is 11.6 Å². The molecule has 0 amide bonds. The maximum atomic E-state index is 9.61. The van der Waals surface area contributed by atoms with Crippen LogP contribution in [0.4, 0.5) is 0 Å². The Labute approximate surface area is 191 Å². The van der Waals surface area contributed by atoms with Gasteiger partial charge in [-0.3, -0.25) is 4.98 Å². The van der Waals surface area contributed by atoms with Gasteiger partial charge in [0.25, 0.3) is 0 Å². The predicted molar refractivity (Wildman–Crippen MR) is 129 cm³/mol. The topological polar surface area (TPSA) is 84.2 Å². The number of pyridine rings is 1. The molecule has 1 aromatic carbocycles. The van der Waals surface area contributed by atoms with Crippen LogP contribution in [0.1, 0.15) is 54.4 Å². The van der Waals surface area contributed by atoms with Gasteiger partial charge in [-0.25, -0.2) is 4.99 Å². The average molecular weight is 441 g/mol. The molecule has 32 heavy (non-hydrogen) atoms. The van der Waals surface area contributed by atoms with Gasteiger partial charge in [-0.15, -0.1) is 0 Å². The van der Waals surface area contributed by atoms with Crippen molar-refractivity contribution in [3.63, 3.8) is 0 Å². The second-order valence-corrected chi connectivity index (χ2v) is 8.44. The Morgan fingerprint density at radius 2 is 1.88 bits per heavy atom. The third-order valence-electron chi connectivity index (χ3n) is 5.00. The van der Waals surface area contributed by atoms with E-state index in [1.165, 1.54) is 0 Å². The summed E-state index contributed by atoms with van der Waals surface area (Å²) in [4.78, 5) is 9.32. The molecule has 6 nitrogen and oxygen atoms in total. The summed E-state index contributed by atoms with van der Waals surface area (Å²) in [7, 11) is 1.61. The van der Waals surface area contributed by atoms with Crippen molar-refractivity contribution in [1.29, 1.82) is 0 Å². The van der Waals surface area contributed by atoms with Gasteiger partial charge in [0, 0.05) is 22.5 Å². The van der Waals surface area contributed by atoms with Crippen LogP contribution >= 0.6 is 0 Å². The summed E-state index contributed by atoms with van der Waals surface area (Å²) in [6, 6.07) is 7.94. The van der Waals surface area contributed by atoms with Gasteiger partial charge in [0.15, 0.2) is 0 Å². The van der Waals surface area contributed by atoms with E-state index >= 15 is 0 Å². The number of aliphatic hydroxyl groups excluding tert-OH is 2. The Balaban J connectivity index is 2.37. The second-order valence-electron chi connectivity index (χ2n) is 8.44. The molecule has 0 bridgehead atoms. The fourth-order valence-electron chi connectivity index (χ4n) is 3.51. The van der Waals surface area contributed by atoms with Crippen molar-refractivity contribution in [2.45, 2.75) is 53.6 Å². The Morgan fingerprint density at radius 1 is 1.16 bits per heavy atom. The number of aromatic nitrogens is 1. The van der Waals surface area contributed by atoms with E-state index < -0.39 is 6.10 Å². The lowest BCUT2D eigenvalue weighted by atomic mass is 10.0. The summed E-state index contributed by atoms with van der Waals surface area (Å²) >= 11 is 0. The highest BCUT2D eigenvalue weighted by atomic mass is 16.5. The number of hydrogen-bond donors (Lipinski definition) is 2. The SMILES string of the molecule is C=C(N=C(OC)c1cc(C)nc(CC(C)C)c1)c1cc(C)c(OC[C@H](O)CO)c(CC)c1. The molecule has 6 heteroatoms. The van der Waals surface area contributed by atoms with Gasteiger partial charge in [-0.1, -0.05) is 27.4 Å². The summed E-state index contributed by atoms with van der Waals surface area (Å²) < 4.78 is 11.4. The molecule has 174 valence electrons. The molecule has 1 aromatic heterocycles. The van der Waals surface area contributed by atoms with E-state index in [4.69, 9.17) is 14.6 Å². The van der Waals surface area contributed by atoms with E-state index in [2.05, 4.69) is 30.4 Å². The molecule has 1 atom stereocenters. The van der Waals surface area contributed by atoms with Crippen LogP contribution in [0, 0.1) is 19.8 Å². The lowest BCUT2D eigenvalue weighted by Gasteiger charge is -2.17. The van der Waals surface area contributed by atoms with Crippen molar-refractivity contribution in [1.82, 2.24) is 4.98 Å². The van der Waals surface area contributed by atoms with Crippen LogP contribution in [-0.2, 0) is 17.6 Å². The number of aliphatic imine (C=N–C) groups is 1. The largest absolute Gasteiger partial charge is 0.490 e. The molecular formula is C26H36N2O4. The molecule has 0 fully saturated rings. The Hall–Kier alpha value is -2.70. The van der Waals surface area contributed by atoms with E-state index in [9.17, 15) is 5.11 Å². The minimum Gasteiger partial charge on any atom is -0.490 e. The molecule has 2 rings (SSSR count). The van der Waals surface area contributed by atoms with E-state index in [0.717, 1.165) is 52.2 Å². The smallest absolute Gasteiger partial charge is 0.221 e. The van der Waals surface area contributed by atoms with E-state index in [0.29, 0.717) is 17.5 Å². The number of rotatable bonds is 10. The van der Waals surface area contributed by atoms with Crippen LogP contribution in [0.15, 0.2) is 35.8 Å². The van der Waals surface area contributed by atoms with Crippen LogP contribution in [0.5, 0.6) is 5.75 Å². The third-order valence-corrected chi connectivity index (χ3v) is 5.00. The van der Waals surface area contributed by atoms with Crippen molar-refractivity contribution in [3.05, 3.63) is 64.5 Å². The first-order chi connectivity index (χ1) is 15.2. The first-order valence-electron chi connectivity index (χ1n) is 11.0. The first kappa shape index (κ1) is 25.6. The summed E-state index contributed by atoms with van der Waals surface area (Å²) in [5.41, 5.74) is 6.17. The average Bonchev–Trinajstić information content (AvgIpc) is 2.74. The van der Waals surface area contributed by atoms with E-state index in [-0.39, 0.29) is 13.2 Å². The zero-order chi connectivity index (χ0) is 23.8. The Morgan fingerprint density at radius 3 is 2.47 bits per heavy atom. The van der Waals surface area contributed by atoms with Gasteiger partial charge < -0.3 is 19.7 Å². The standard InChI is InChI=1S/C26H36N2O4/c1-8-20-12-21(10-17(4)25(20)32-15-24(30)14-29)19(6)28-26(31-7)22-11-18(5)27-23(13-22)9-16(2)3/h10-13,16,24,29-30H,6,8-9,14-15H2,1-5,7H3/t24-/m1/s1. The molecule has 2 aromatic rings. The molecule has 0 aliphatic heterocycles. The molecular weight excluding hydrogens is 404 g/mol. The van der Waals surface area contributed by atoms with Crippen LogP contribution < -0.4 is 4.74 Å². The molecule has 0 radical (unpaired) electrons. The molecule has 0 spiro atoms. The van der Waals surface area contributed by atoms with Gasteiger partial charge >= 0.3 is 0 Å². The monoisotopic (exact) mass is 440 g/mol. The number of benzene rings is 1. The summed E-state index contributed by atoms with van der Waals surface area (Å²) in [5.74, 6) is 1.72. The van der Waals surface area contributed by atoms with E-state index in [1.807, 2.05) is 45.0 Å².